The number of halogens is 1. The first kappa shape index (κ1) is 21.6. The SMILES string of the molecule is CCNC(=NCc1cccnc1N1CCOCC1)NCC1CCCS1.I. The van der Waals surface area contributed by atoms with Crippen LogP contribution in [0.3, 0.4) is 0 Å². The predicted molar refractivity (Wildman–Crippen MR) is 121 cm³/mol. The van der Waals surface area contributed by atoms with Gasteiger partial charge in [-0.1, -0.05) is 6.07 Å². The monoisotopic (exact) mass is 491 g/mol. The van der Waals surface area contributed by atoms with Crippen molar-refractivity contribution in [2.24, 2.45) is 4.99 Å². The molecule has 0 aliphatic carbocycles. The van der Waals surface area contributed by atoms with Gasteiger partial charge in [-0.25, -0.2) is 9.98 Å². The van der Waals surface area contributed by atoms with Crippen LogP contribution in [0.4, 0.5) is 5.82 Å². The molecule has 146 valence electrons. The lowest BCUT2D eigenvalue weighted by Gasteiger charge is -2.29. The topological polar surface area (TPSA) is 61.8 Å². The van der Waals surface area contributed by atoms with Crippen molar-refractivity contribution in [1.82, 2.24) is 15.6 Å². The van der Waals surface area contributed by atoms with Gasteiger partial charge in [0, 0.05) is 43.2 Å². The van der Waals surface area contributed by atoms with Crippen molar-refractivity contribution in [3.63, 3.8) is 0 Å². The van der Waals surface area contributed by atoms with Gasteiger partial charge in [-0.3, -0.25) is 0 Å². The Bertz CT molecular complexity index is 562. The van der Waals surface area contributed by atoms with Gasteiger partial charge < -0.3 is 20.3 Å². The summed E-state index contributed by atoms with van der Waals surface area (Å²) in [7, 11) is 0. The molecule has 2 aliphatic rings. The van der Waals surface area contributed by atoms with Crippen molar-refractivity contribution in [2.45, 2.75) is 31.6 Å². The second-order valence-electron chi connectivity index (χ2n) is 6.30. The number of ether oxygens (including phenoxy) is 1. The third kappa shape index (κ3) is 6.45. The van der Waals surface area contributed by atoms with Crippen LogP contribution in [0.2, 0.25) is 0 Å². The summed E-state index contributed by atoms with van der Waals surface area (Å²) in [5.41, 5.74) is 1.16. The zero-order chi connectivity index (χ0) is 17.3. The number of hydrogen-bond acceptors (Lipinski definition) is 5. The first-order valence-corrected chi connectivity index (χ1v) is 10.3. The van der Waals surface area contributed by atoms with Gasteiger partial charge in [0.15, 0.2) is 5.96 Å². The van der Waals surface area contributed by atoms with Crippen LogP contribution in [-0.2, 0) is 11.3 Å². The van der Waals surface area contributed by atoms with E-state index in [-0.39, 0.29) is 24.0 Å². The van der Waals surface area contributed by atoms with Crippen LogP contribution in [0.1, 0.15) is 25.3 Å². The molecule has 1 aromatic rings. The molecule has 0 saturated carbocycles. The third-order valence-corrected chi connectivity index (χ3v) is 5.85. The van der Waals surface area contributed by atoms with Crippen molar-refractivity contribution < 1.29 is 4.74 Å². The molecule has 3 rings (SSSR count). The average molecular weight is 491 g/mol. The minimum Gasteiger partial charge on any atom is -0.378 e. The molecule has 8 heteroatoms. The van der Waals surface area contributed by atoms with Crippen LogP contribution in [0.5, 0.6) is 0 Å². The molecule has 1 unspecified atom stereocenters. The molecule has 2 saturated heterocycles. The van der Waals surface area contributed by atoms with Gasteiger partial charge in [0.1, 0.15) is 5.82 Å². The number of aromatic nitrogens is 1. The standard InChI is InChI=1S/C18H29N5OS.HI/c1-2-19-18(22-14-16-6-4-12-25-16)21-13-15-5-3-7-20-17(15)23-8-10-24-11-9-23;/h3,5,7,16H,2,4,6,8-14H2,1H3,(H2,19,21,22);1H. The Labute approximate surface area is 178 Å². The molecule has 0 spiro atoms. The second kappa shape index (κ2) is 11.9. The number of anilines is 1. The summed E-state index contributed by atoms with van der Waals surface area (Å²) < 4.78 is 5.45. The first-order valence-electron chi connectivity index (χ1n) is 9.27. The van der Waals surface area contributed by atoms with E-state index in [1.165, 1.54) is 18.6 Å². The quantitative estimate of drug-likeness (QED) is 0.362. The highest BCUT2D eigenvalue weighted by Crippen LogP contribution is 2.25. The number of rotatable bonds is 6. The van der Waals surface area contributed by atoms with Gasteiger partial charge in [-0.2, -0.15) is 11.8 Å². The van der Waals surface area contributed by atoms with Gasteiger partial charge in [0.2, 0.25) is 0 Å². The number of thioether (sulfide) groups is 1. The smallest absolute Gasteiger partial charge is 0.191 e. The third-order valence-electron chi connectivity index (χ3n) is 4.45. The average Bonchev–Trinajstić information content (AvgIpc) is 3.18. The van der Waals surface area contributed by atoms with Crippen molar-refractivity contribution >= 4 is 47.5 Å². The van der Waals surface area contributed by atoms with Gasteiger partial charge >= 0.3 is 0 Å². The van der Waals surface area contributed by atoms with Crippen LogP contribution in [0.25, 0.3) is 0 Å². The Balaban J connectivity index is 0.00000243. The van der Waals surface area contributed by atoms with Gasteiger partial charge in [-0.05, 0) is 31.6 Å². The molecule has 2 aliphatic heterocycles. The summed E-state index contributed by atoms with van der Waals surface area (Å²) in [6.45, 7) is 7.91. The minimum atomic E-state index is 0. The number of nitrogens with one attached hydrogen (secondary N) is 2. The van der Waals surface area contributed by atoms with Crippen molar-refractivity contribution in [2.75, 3.05) is 50.0 Å². The maximum Gasteiger partial charge on any atom is 0.191 e. The van der Waals surface area contributed by atoms with E-state index in [0.717, 1.165) is 56.7 Å². The molecule has 0 amide bonds. The Morgan fingerprint density at radius 3 is 2.96 bits per heavy atom. The molecule has 26 heavy (non-hydrogen) atoms. The number of pyridine rings is 1. The highest BCUT2D eigenvalue weighted by atomic mass is 127. The van der Waals surface area contributed by atoms with E-state index in [4.69, 9.17) is 9.73 Å². The molecular weight excluding hydrogens is 461 g/mol. The summed E-state index contributed by atoms with van der Waals surface area (Å²) in [5.74, 6) is 3.22. The summed E-state index contributed by atoms with van der Waals surface area (Å²) in [6.07, 6.45) is 4.50. The zero-order valence-corrected chi connectivity index (χ0v) is 18.6. The largest absolute Gasteiger partial charge is 0.378 e. The fraction of sp³-hybridized carbons (Fsp3) is 0.667. The lowest BCUT2D eigenvalue weighted by molar-refractivity contribution is 0.122. The summed E-state index contributed by atoms with van der Waals surface area (Å²) in [4.78, 5) is 11.7. The fourth-order valence-corrected chi connectivity index (χ4v) is 4.34. The fourth-order valence-electron chi connectivity index (χ4n) is 3.14. The van der Waals surface area contributed by atoms with Crippen LogP contribution < -0.4 is 15.5 Å². The van der Waals surface area contributed by atoms with Crippen molar-refractivity contribution in [3.05, 3.63) is 23.9 Å². The van der Waals surface area contributed by atoms with Crippen LogP contribution in [-0.4, -0.2) is 61.3 Å². The van der Waals surface area contributed by atoms with E-state index in [2.05, 4.69) is 45.3 Å². The van der Waals surface area contributed by atoms with E-state index in [9.17, 15) is 0 Å². The van der Waals surface area contributed by atoms with Crippen LogP contribution in [0.15, 0.2) is 23.3 Å². The molecular formula is C18H30IN5OS. The summed E-state index contributed by atoms with van der Waals surface area (Å²) in [6, 6.07) is 4.11. The zero-order valence-electron chi connectivity index (χ0n) is 15.4. The Morgan fingerprint density at radius 2 is 2.23 bits per heavy atom. The molecule has 3 heterocycles. The van der Waals surface area contributed by atoms with Gasteiger partial charge in [0.05, 0.1) is 19.8 Å². The Kier molecular flexibility index (Phi) is 9.84. The molecule has 6 nitrogen and oxygen atoms in total. The summed E-state index contributed by atoms with van der Waals surface area (Å²) >= 11 is 2.06. The second-order valence-corrected chi connectivity index (χ2v) is 7.70. The van der Waals surface area contributed by atoms with Crippen molar-refractivity contribution in [1.29, 1.82) is 0 Å². The predicted octanol–water partition coefficient (Wildman–Crippen LogP) is 2.49. The van der Waals surface area contributed by atoms with E-state index < -0.39 is 0 Å². The molecule has 1 atom stereocenters. The normalized spacial score (nSPS) is 20.6. The molecule has 0 aromatic carbocycles. The van der Waals surface area contributed by atoms with E-state index in [0.29, 0.717) is 11.8 Å². The first-order chi connectivity index (χ1) is 12.4. The number of morpholine rings is 1. The maximum absolute atomic E-state index is 5.45. The van der Waals surface area contributed by atoms with Crippen molar-refractivity contribution in [3.8, 4) is 0 Å². The minimum absolute atomic E-state index is 0. The van der Waals surface area contributed by atoms with Crippen LogP contribution in [0, 0.1) is 0 Å². The van der Waals surface area contributed by atoms with Gasteiger partial charge in [-0.15, -0.1) is 24.0 Å². The Hall–Kier alpha value is -0.740. The number of hydrogen-bond donors (Lipinski definition) is 2. The molecule has 0 bridgehead atoms. The molecule has 0 radical (unpaired) electrons. The van der Waals surface area contributed by atoms with E-state index in [1.807, 2.05) is 12.3 Å². The number of nitrogens with zero attached hydrogens (tertiary/aromatic N) is 3. The number of guanidine groups is 1. The lowest BCUT2D eigenvalue weighted by atomic mass is 10.2. The van der Waals surface area contributed by atoms with E-state index >= 15 is 0 Å². The lowest BCUT2D eigenvalue weighted by Crippen LogP contribution is -2.40. The van der Waals surface area contributed by atoms with E-state index in [1.54, 1.807) is 0 Å². The Morgan fingerprint density at radius 1 is 1.38 bits per heavy atom. The summed E-state index contributed by atoms with van der Waals surface area (Å²) in [5, 5.41) is 7.56. The highest BCUT2D eigenvalue weighted by Gasteiger charge is 2.17. The highest BCUT2D eigenvalue weighted by molar-refractivity contribution is 14.0. The molecule has 2 fully saturated rings. The van der Waals surface area contributed by atoms with Gasteiger partial charge in [0.25, 0.3) is 0 Å². The molecule has 1 aromatic heterocycles. The molecule has 2 N–H and O–H groups in total. The maximum atomic E-state index is 5.45. The van der Waals surface area contributed by atoms with Crippen LogP contribution >= 0.6 is 35.7 Å². The number of aliphatic imine (C=N–C) groups is 1.